The van der Waals surface area contributed by atoms with E-state index in [0.717, 1.165) is 44.9 Å². The lowest BCUT2D eigenvalue weighted by Crippen LogP contribution is -2.49. The summed E-state index contributed by atoms with van der Waals surface area (Å²) in [6, 6.07) is 0. The van der Waals surface area contributed by atoms with E-state index >= 15 is 0 Å². The topological polar surface area (TPSA) is 37.3 Å². The fourth-order valence-electron chi connectivity index (χ4n) is 3.96. The van der Waals surface area contributed by atoms with Gasteiger partial charge in [0.2, 0.25) is 0 Å². The van der Waals surface area contributed by atoms with Crippen molar-refractivity contribution in [3.05, 3.63) is 0 Å². The molecule has 0 aromatic heterocycles. The Labute approximate surface area is 111 Å². The summed E-state index contributed by atoms with van der Waals surface area (Å²) in [5.41, 5.74) is -0.639. The highest BCUT2D eigenvalue weighted by atomic mass is 16.3. The van der Waals surface area contributed by atoms with Crippen LogP contribution in [0.5, 0.6) is 0 Å². The average Bonchev–Trinajstić information content (AvgIpc) is 2.28. The van der Waals surface area contributed by atoms with Crippen molar-refractivity contribution in [2.45, 2.75) is 77.7 Å². The molecule has 0 spiro atoms. The molecule has 2 rings (SSSR count). The molecule has 0 bridgehead atoms. The van der Waals surface area contributed by atoms with Crippen molar-refractivity contribution in [1.82, 2.24) is 0 Å². The Morgan fingerprint density at radius 2 is 1.67 bits per heavy atom. The molecule has 0 heterocycles. The zero-order valence-electron chi connectivity index (χ0n) is 12.2. The monoisotopic (exact) mass is 252 g/mol. The van der Waals surface area contributed by atoms with Crippen LogP contribution in [-0.2, 0) is 4.79 Å². The summed E-state index contributed by atoms with van der Waals surface area (Å²) in [5.74, 6) is 0.399. The van der Waals surface area contributed by atoms with Gasteiger partial charge < -0.3 is 5.11 Å². The molecule has 2 fully saturated rings. The molecule has 2 nitrogen and oxygen atoms in total. The normalized spacial score (nSPS) is 33.4. The largest absolute Gasteiger partial charge is 0.389 e. The van der Waals surface area contributed by atoms with Crippen LogP contribution >= 0.6 is 0 Å². The number of hydrogen-bond acceptors (Lipinski definition) is 2. The van der Waals surface area contributed by atoms with Crippen LogP contribution in [0.4, 0.5) is 0 Å². The number of hydrogen-bond donors (Lipinski definition) is 1. The summed E-state index contributed by atoms with van der Waals surface area (Å²) in [6.45, 7) is 6.47. The maximum atomic E-state index is 12.7. The number of aliphatic hydroxyl groups is 1. The smallest absolute Gasteiger partial charge is 0.142 e. The van der Waals surface area contributed by atoms with E-state index in [1.807, 2.05) is 0 Å². The van der Waals surface area contributed by atoms with Crippen LogP contribution in [0.1, 0.15) is 72.1 Å². The minimum atomic E-state index is -0.681. The van der Waals surface area contributed by atoms with Gasteiger partial charge in [-0.25, -0.2) is 0 Å². The summed E-state index contributed by atoms with van der Waals surface area (Å²) >= 11 is 0. The SMILES string of the molecule is CC(C)(C)[C@@H]1CCC[C@@H](C2(O)CCCCC2)C1=O. The van der Waals surface area contributed by atoms with E-state index in [0.29, 0.717) is 5.78 Å². The van der Waals surface area contributed by atoms with Gasteiger partial charge in [-0.1, -0.05) is 46.5 Å². The molecule has 0 aromatic carbocycles. The third kappa shape index (κ3) is 2.64. The van der Waals surface area contributed by atoms with Crippen molar-refractivity contribution >= 4 is 5.78 Å². The van der Waals surface area contributed by atoms with Crippen LogP contribution in [0.3, 0.4) is 0 Å². The summed E-state index contributed by atoms with van der Waals surface area (Å²) in [6.07, 6.45) is 8.06. The predicted octanol–water partition coefficient (Wildman–Crippen LogP) is 3.71. The summed E-state index contributed by atoms with van der Waals surface area (Å²) < 4.78 is 0. The van der Waals surface area contributed by atoms with E-state index < -0.39 is 5.60 Å². The first-order chi connectivity index (χ1) is 8.34. The number of Topliss-reactive ketones (excluding diaryl/α,β-unsaturated/α-hetero) is 1. The van der Waals surface area contributed by atoms with Crippen LogP contribution in [0.25, 0.3) is 0 Å². The predicted molar refractivity (Wildman–Crippen MR) is 73.3 cm³/mol. The second-order valence-corrected chi connectivity index (χ2v) is 7.47. The Morgan fingerprint density at radius 3 is 2.22 bits per heavy atom. The molecule has 2 heteroatoms. The molecule has 0 amide bonds. The molecule has 1 N–H and O–H groups in total. The molecule has 0 unspecified atom stereocenters. The highest BCUT2D eigenvalue weighted by molar-refractivity contribution is 5.85. The van der Waals surface area contributed by atoms with Crippen molar-refractivity contribution in [3.8, 4) is 0 Å². The molecule has 2 atom stereocenters. The Kier molecular flexibility index (Phi) is 3.87. The minimum Gasteiger partial charge on any atom is -0.389 e. The maximum Gasteiger partial charge on any atom is 0.142 e. The average molecular weight is 252 g/mol. The molecule has 0 aromatic rings. The number of carbonyl (C=O) groups is 1. The van der Waals surface area contributed by atoms with Gasteiger partial charge in [0, 0.05) is 11.8 Å². The molecule has 2 aliphatic rings. The molecular formula is C16H28O2. The van der Waals surface area contributed by atoms with Gasteiger partial charge in [0.1, 0.15) is 5.78 Å². The zero-order chi connectivity index (χ0) is 13.4. The maximum absolute atomic E-state index is 12.7. The van der Waals surface area contributed by atoms with Gasteiger partial charge in [-0.3, -0.25) is 4.79 Å². The molecule has 0 radical (unpaired) electrons. The van der Waals surface area contributed by atoms with E-state index in [1.54, 1.807) is 0 Å². The summed E-state index contributed by atoms with van der Waals surface area (Å²) in [7, 11) is 0. The third-order valence-corrected chi connectivity index (χ3v) is 5.09. The summed E-state index contributed by atoms with van der Waals surface area (Å²) in [4.78, 5) is 12.7. The molecule has 104 valence electrons. The van der Waals surface area contributed by atoms with Crippen LogP contribution in [-0.4, -0.2) is 16.5 Å². The van der Waals surface area contributed by atoms with Crippen molar-refractivity contribution in [3.63, 3.8) is 0 Å². The zero-order valence-corrected chi connectivity index (χ0v) is 12.2. The van der Waals surface area contributed by atoms with Crippen molar-refractivity contribution in [1.29, 1.82) is 0 Å². The Hall–Kier alpha value is -0.370. The number of ketones is 1. The lowest BCUT2D eigenvalue weighted by atomic mass is 9.62. The van der Waals surface area contributed by atoms with Gasteiger partial charge in [0.25, 0.3) is 0 Å². The third-order valence-electron chi connectivity index (χ3n) is 5.09. The highest BCUT2D eigenvalue weighted by Crippen LogP contribution is 2.45. The van der Waals surface area contributed by atoms with Gasteiger partial charge in [-0.15, -0.1) is 0 Å². The standard InChI is InChI=1S/C16H28O2/c1-15(2,3)12-8-7-9-13(14(12)17)16(18)10-5-4-6-11-16/h12-13,18H,4-11H2,1-3H3/t12-,13-/m1/s1. The molecule has 0 saturated heterocycles. The Bertz CT molecular complexity index is 308. The molecular weight excluding hydrogens is 224 g/mol. The molecule has 18 heavy (non-hydrogen) atoms. The molecule has 2 saturated carbocycles. The molecule has 0 aliphatic heterocycles. The van der Waals surface area contributed by atoms with Gasteiger partial charge >= 0.3 is 0 Å². The van der Waals surface area contributed by atoms with Crippen LogP contribution in [0, 0.1) is 17.3 Å². The van der Waals surface area contributed by atoms with Gasteiger partial charge in [-0.05, 0) is 31.1 Å². The number of rotatable bonds is 1. The quantitative estimate of drug-likeness (QED) is 0.772. The first-order valence-corrected chi connectivity index (χ1v) is 7.61. The number of carbonyl (C=O) groups excluding carboxylic acids is 1. The van der Waals surface area contributed by atoms with Gasteiger partial charge in [-0.2, -0.15) is 0 Å². The molecule has 2 aliphatic carbocycles. The first-order valence-electron chi connectivity index (χ1n) is 7.61. The fourth-order valence-corrected chi connectivity index (χ4v) is 3.96. The Balaban J connectivity index is 2.15. The van der Waals surface area contributed by atoms with E-state index in [4.69, 9.17) is 0 Å². The lowest BCUT2D eigenvalue weighted by molar-refractivity contribution is -0.147. The van der Waals surface area contributed by atoms with Gasteiger partial charge in [0.15, 0.2) is 0 Å². The Morgan fingerprint density at radius 1 is 1.06 bits per heavy atom. The second kappa shape index (κ2) is 4.96. The summed E-state index contributed by atoms with van der Waals surface area (Å²) in [5, 5.41) is 10.8. The van der Waals surface area contributed by atoms with Crippen LogP contribution in [0.2, 0.25) is 0 Å². The highest BCUT2D eigenvalue weighted by Gasteiger charge is 2.47. The lowest BCUT2D eigenvalue weighted by Gasteiger charge is -2.44. The van der Waals surface area contributed by atoms with Crippen molar-refractivity contribution in [2.24, 2.45) is 17.3 Å². The minimum absolute atomic E-state index is 0.0424. The van der Waals surface area contributed by atoms with E-state index in [-0.39, 0.29) is 17.3 Å². The van der Waals surface area contributed by atoms with Gasteiger partial charge in [0.05, 0.1) is 5.60 Å². The van der Waals surface area contributed by atoms with Crippen LogP contribution in [0.15, 0.2) is 0 Å². The van der Waals surface area contributed by atoms with Crippen molar-refractivity contribution in [2.75, 3.05) is 0 Å². The van der Waals surface area contributed by atoms with Crippen molar-refractivity contribution < 1.29 is 9.90 Å². The second-order valence-electron chi connectivity index (χ2n) is 7.47. The van der Waals surface area contributed by atoms with Crippen LogP contribution < -0.4 is 0 Å². The van der Waals surface area contributed by atoms with E-state index in [2.05, 4.69) is 20.8 Å². The fraction of sp³-hybridized carbons (Fsp3) is 0.938. The first kappa shape index (κ1) is 14.0. The van der Waals surface area contributed by atoms with E-state index in [9.17, 15) is 9.90 Å². The van der Waals surface area contributed by atoms with E-state index in [1.165, 1.54) is 6.42 Å².